The Labute approximate surface area is 195 Å². The molecule has 8 heteroatoms. The predicted molar refractivity (Wildman–Crippen MR) is 128 cm³/mol. The molecule has 0 aromatic heterocycles. The number of benzene rings is 4. The van der Waals surface area contributed by atoms with Crippen LogP contribution in [0.2, 0.25) is 0 Å². The molecule has 0 saturated heterocycles. The molecular formula is C24H16N2O4Se2. The third-order valence-corrected chi connectivity index (χ3v) is 12.0. The first-order chi connectivity index (χ1) is 15.5. The molecule has 0 fully saturated rings. The molecule has 0 unspecified atom stereocenters. The third kappa shape index (κ3) is 4.96. The summed E-state index contributed by atoms with van der Waals surface area (Å²) < 4.78 is 2.15. The first kappa shape index (κ1) is 21.9. The molecule has 0 spiro atoms. The first-order valence-electron chi connectivity index (χ1n) is 9.55. The van der Waals surface area contributed by atoms with Crippen LogP contribution in [-0.4, -0.2) is 36.1 Å². The molecule has 4 rings (SSSR count). The van der Waals surface area contributed by atoms with Crippen LogP contribution in [0.25, 0.3) is 22.3 Å². The molecule has 4 aromatic carbocycles. The Morgan fingerprint density at radius 2 is 0.906 bits per heavy atom. The summed E-state index contributed by atoms with van der Waals surface area (Å²) in [6, 6.07) is 29.4. The fraction of sp³-hybridized carbons (Fsp3) is 0. The Bertz CT molecular complexity index is 1180. The van der Waals surface area contributed by atoms with Gasteiger partial charge in [-0.3, -0.25) is 0 Å². The Kier molecular flexibility index (Phi) is 6.78. The molecule has 0 aliphatic carbocycles. The summed E-state index contributed by atoms with van der Waals surface area (Å²) >= 11 is 0.0416. The van der Waals surface area contributed by atoms with Crippen LogP contribution >= 0.6 is 0 Å². The monoisotopic (exact) mass is 556 g/mol. The molecule has 0 saturated carbocycles. The average Bonchev–Trinajstić information content (AvgIpc) is 2.83. The number of nitro groups is 2. The van der Waals surface area contributed by atoms with E-state index in [-0.39, 0.29) is 47.5 Å². The maximum atomic E-state index is 11.3. The van der Waals surface area contributed by atoms with E-state index in [9.17, 15) is 20.2 Å². The molecule has 0 heterocycles. The Hall–Kier alpha value is -3.28. The van der Waals surface area contributed by atoms with Crippen molar-refractivity contribution in [1.82, 2.24) is 0 Å². The van der Waals surface area contributed by atoms with Gasteiger partial charge in [0.25, 0.3) is 0 Å². The van der Waals surface area contributed by atoms with Gasteiger partial charge in [0.1, 0.15) is 0 Å². The summed E-state index contributed by atoms with van der Waals surface area (Å²) in [5.41, 5.74) is 3.74. The summed E-state index contributed by atoms with van der Waals surface area (Å²) in [7, 11) is 0. The molecule has 0 radical (unpaired) electrons. The summed E-state index contributed by atoms with van der Waals surface area (Å²) in [4.78, 5) is 21.9. The summed E-state index contributed by atoms with van der Waals surface area (Å²) in [6.45, 7) is 0. The van der Waals surface area contributed by atoms with Gasteiger partial charge in [-0.25, -0.2) is 0 Å². The standard InChI is InChI=1S/C24H16N2O4Se2/c27-25(28)19-11-13-23(21(15-19)17-7-3-1-4-8-17)31-32-24-14-12-20(26(29)30)16-22(24)18-9-5-2-6-10-18/h1-16H. The number of hydrogen-bond donors (Lipinski definition) is 0. The average molecular weight is 554 g/mol. The van der Waals surface area contributed by atoms with Gasteiger partial charge in [-0.15, -0.1) is 0 Å². The zero-order chi connectivity index (χ0) is 22.5. The van der Waals surface area contributed by atoms with Gasteiger partial charge in [-0.2, -0.15) is 0 Å². The van der Waals surface area contributed by atoms with Crippen LogP contribution in [-0.2, 0) is 0 Å². The van der Waals surface area contributed by atoms with Crippen molar-refractivity contribution in [3.05, 3.63) is 117 Å². The van der Waals surface area contributed by atoms with E-state index < -0.39 is 0 Å². The Balaban J connectivity index is 1.71. The van der Waals surface area contributed by atoms with E-state index in [0.29, 0.717) is 0 Å². The van der Waals surface area contributed by atoms with Gasteiger partial charge < -0.3 is 0 Å². The molecule has 4 aromatic rings. The van der Waals surface area contributed by atoms with E-state index in [1.165, 1.54) is 0 Å². The molecule has 0 aliphatic rings. The zero-order valence-electron chi connectivity index (χ0n) is 16.6. The van der Waals surface area contributed by atoms with Crippen molar-refractivity contribution in [2.45, 2.75) is 0 Å². The summed E-state index contributed by atoms with van der Waals surface area (Å²) in [6.07, 6.45) is 0. The van der Waals surface area contributed by atoms with E-state index in [2.05, 4.69) is 0 Å². The minimum atomic E-state index is -0.377. The summed E-state index contributed by atoms with van der Waals surface area (Å²) in [5, 5.41) is 22.6. The van der Waals surface area contributed by atoms with Gasteiger partial charge >= 0.3 is 196 Å². The SMILES string of the molecule is O=[N+]([O-])c1ccc([Se][Se]c2ccc([N+](=O)[O-])cc2-c2ccccc2)c(-c2ccccc2)c1. The fourth-order valence-electron chi connectivity index (χ4n) is 3.18. The predicted octanol–water partition coefficient (Wildman–Crippen LogP) is 4.11. The molecule has 0 amide bonds. The van der Waals surface area contributed by atoms with Gasteiger partial charge in [0.2, 0.25) is 0 Å². The van der Waals surface area contributed by atoms with Crippen LogP contribution in [0.5, 0.6) is 0 Å². The van der Waals surface area contributed by atoms with Crippen LogP contribution in [0.3, 0.4) is 0 Å². The van der Waals surface area contributed by atoms with E-state index in [0.717, 1.165) is 31.2 Å². The van der Waals surface area contributed by atoms with Crippen molar-refractivity contribution in [1.29, 1.82) is 0 Å². The zero-order valence-corrected chi connectivity index (χ0v) is 20.0. The number of nitrogens with zero attached hydrogens (tertiary/aromatic N) is 2. The van der Waals surface area contributed by atoms with E-state index in [1.54, 1.807) is 24.3 Å². The van der Waals surface area contributed by atoms with Gasteiger partial charge in [0.15, 0.2) is 0 Å². The molecule has 0 aliphatic heterocycles. The number of nitro benzene ring substituents is 2. The molecule has 6 nitrogen and oxygen atoms in total. The molecule has 158 valence electrons. The van der Waals surface area contributed by atoms with Crippen molar-refractivity contribution in [2.75, 3.05) is 0 Å². The molecule has 0 atom stereocenters. The summed E-state index contributed by atoms with van der Waals surface area (Å²) in [5.74, 6) is 0. The number of non-ortho nitro benzene ring substituents is 2. The topological polar surface area (TPSA) is 86.3 Å². The van der Waals surface area contributed by atoms with E-state index in [4.69, 9.17) is 0 Å². The first-order valence-corrected chi connectivity index (χ1v) is 15.6. The van der Waals surface area contributed by atoms with Crippen molar-refractivity contribution >= 4 is 46.6 Å². The maximum absolute atomic E-state index is 11.3. The van der Waals surface area contributed by atoms with E-state index >= 15 is 0 Å². The van der Waals surface area contributed by atoms with Gasteiger partial charge in [0.05, 0.1) is 0 Å². The minimum absolute atomic E-state index is 0.0208. The van der Waals surface area contributed by atoms with Crippen molar-refractivity contribution < 1.29 is 9.85 Å². The Morgan fingerprint density at radius 3 is 1.25 bits per heavy atom. The van der Waals surface area contributed by atoms with Crippen molar-refractivity contribution in [2.24, 2.45) is 0 Å². The van der Waals surface area contributed by atoms with Gasteiger partial charge in [-0.1, -0.05) is 0 Å². The third-order valence-electron chi connectivity index (χ3n) is 4.74. The number of hydrogen-bond acceptors (Lipinski definition) is 4. The second kappa shape index (κ2) is 9.90. The van der Waals surface area contributed by atoms with Crippen LogP contribution in [0.15, 0.2) is 97.1 Å². The van der Waals surface area contributed by atoms with Crippen LogP contribution in [0.1, 0.15) is 0 Å². The second-order valence-corrected chi connectivity index (χ2v) is 13.0. The molecular weight excluding hydrogens is 538 g/mol. The van der Waals surface area contributed by atoms with Crippen LogP contribution in [0.4, 0.5) is 11.4 Å². The quantitative estimate of drug-likeness (QED) is 0.196. The second-order valence-electron chi connectivity index (χ2n) is 6.77. The van der Waals surface area contributed by atoms with E-state index in [1.807, 2.05) is 72.8 Å². The molecule has 0 bridgehead atoms. The van der Waals surface area contributed by atoms with Crippen LogP contribution < -0.4 is 8.92 Å². The molecule has 32 heavy (non-hydrogen) atoms. The molecule has 0 N–H and O–H groups in total. The fourth-order valence-corrected chi connectivity index (χ4v) is 10.3. The normalized spacial score (nSPS) is 10.6. The van der Waals surface area contributed by atoms with Gasteiger partial charge in [0, 0.05) is 0 Å². The number of rotatable bonds is 7. The van der Waals surface area contributed by atoms with Gasteiger partial charge in [-0.05, 0) is 0 Å². The van der Waals surface area contributed by atoms with Crippen LogP contribution in [0, 0.1) is 20.2 Å². The van der Waals surface area contributed by atoms with Crippen molar-refractivity contribution in [3.8, 4) is 22.3 Å². The van der Waals surface area contributed by atoms with Crippen molar-refractivity contribution in [3.63, 3.8) is 0 Å². The Morgan fingerprint density at radius 1 is 0.531 bits per heavy atom.